The molecular formula is C71H114O13. The molecule has 476 valence electrons. The lowest BCUT2D eigenvalue weighted by atomic mass is 9.91. The van der Waals surface area contributed by atoms with Crippen molar-refractivity contribution in [3.8, 4) is 17.2 Å². The fourth-order valence-electron chi connectivity index (χ4n) is 7.06. The van der Waals surface area contributed by atoms with Gasteiger partial charge in [0.25, 0.3) is 0 Å². The second-order valence-electron chi connectivity index (χ2n) is 24.1. The maximum Gasteiger partial charge on any atom is 0.343 e. The number of hydrogen-bond acceptors (Lipinski definition) is 13. The van der Waals surface area contributed by atoms with Gasteiger partial charge in [0.05, 0.1) is 54.7 Å². The van der Waals surface area contributed by atoms with Crippen LogP contribution < -0.4 is 14.2 Å². The number of aldehydes is 2. The maximum atomic E-state index is 12.0. The first-order chi connectivity index (χ1) is 39.7. The van der Waals surface area contributed by atoms with Crippen LogP contribution in [0.2, 0.25) is 0 Å². The highest BCUT2D eigenvalue weighted by molar-refractivity contribution is 5.91. The third kappa shape index (κ3) is 34.8. The predicted molar refractivity (Wildman–Crippen MR) is 341 cm³/mol. The van der Waals surface area contributed by atoms with Crippen molar-refractivity contribution in [1.82, 2.24) is 0 Å². The summed E-state index contributed by atoms with van der Waals surface area (Å²) in [5, 5.41) is 0. The summed E-state index contributed by atoms with van der Waals surface area (Å²) in [6.45, 7) is 32.9. The minimum atomic E-state index is -0.547. The molecule has 0 saturated heterocycles. The molecule has 3 rings (SSSR count). The molecule has 0 saturated carbocycles. The number of methoxy groups -OCH3 is 2. The van der Waals surface area contributed by atoms with Crippen molar-refractivity contribution in [3.05, 3.63) is 89.0 Å². The molecule has 0 N–H and O–H groups in total. The van der Waals surface area contributed by atoms with Crippen LogP contribution in [0.1, 0.15) is 288 Å². The SMILES string of the molecule is CCC(C)(C)C(=O)OC.CCC(C)(C)C(=O)Oc1ccc(C=O)cc1OC.CCC(C)c1ccc(C(=O)Oc2ccc(C=O)cc2)cc1.CCCCCCCCCCCCCCCCOC(=O)C(C)(C)CC.CCCCOC(=O)C(C)(C)CC. The van der Waals surface area contributed by atoms with Crippen molar-refractivity contribution in [1.29, 1.82) is 0 Å². The predicted octanol–water partition coefficient (Wildman–Crippen LogP) is 18.9. The van der Waals surface area contributed by atoms with Crippen molar-refractivity contribution in [2.45, 2.75) is 252 Å². The first-order valence-electron chi connectivity index (χ1n) is 31.4. The molecule has 0 aliphatic heterocycles. The molecule has 3 aromatic rings. The van der Waals surface area contributed by atoms with Crippen LogP contribution in [0, 0.1) is 21.7 Å². The summed E-state index contributed by atoms with van der Waals surface area (Å²) in [5.41, 5.74) is 1.26. The summed E-state index contributed by atoms with van der Waals surface area (Å²) < 4.78 is 30.7. The smallest absolute Gasteiger partial charge is 0.343 e. The quantitative estimate of drug-likeness (QED) is 0.0182. The van der Waals surface area contributed by atoms with E-state index in [4.69, 9.17) is 23.7 Å². The zero-order valence-corrected chi connectivity index (χ0v) is 55.7. The van der Waals surface area contributed by atoms with Crippen molar-refractivity contribution < 1.29 is 62.0 Å². The van der Waals surface area contributed by atoms with E-state index >= 15 is 0 Å². The van der Waals surface area contributed by atoms with Crippen molar-refractivity contribution in [2.75, 3.05) is 27.4 Å². The number of hydrogen-bond donors (Lipinski definition) is 0. The maximum absolute atomic E-state index is 12.0. The van der Waals surface area contributed by atoms with Crippen LogP contribution in [0.5, 0.6) is 17.2 Å². The van der Waals surface area contributed by atoms with E-state index in [2.05, 4.69) is 32.4 Å². The molecule has 1 unspecified atom stereocenters. The molecule has 84 heavy (non-hydrogen) atoms. The molecule has 0 fully saturated rings. The molecule has 13 heteroatoms. The Balaban J connectivity index is 0. The molecule has 0 bridgehead atoms. The topological polar surface area (TPSA) is 175 Å². The standard InChI is InChI=1S/C22H44O2.C18H18O3.C14H18O4.C10H20O2.C7H14O2/c1-5-7-8-9-10-11-12-13-14-15-16-17-18-19-20-24-21(23)22(3,4)6-2;1-3-13(2)15-6-8-16(9-7-15)18(20)21-17-10-4-14(12-19)5-11-17;1-5-14(2,3)13(16)18-11-7-6-10(9-15)8-12(11)17-4;1-5-7-8-12-9(11)10(3,4)6-2;1-5-7(2,3)6(8)9-4/h5-20H2,1-4H3;4-13H,3H2,1-2H3;6-9H,5H2,1-4H3;5-8H2,1-4H3;5H2,1-4H3. The number of rotatable bonds is 34. The van der Waals surface area contributed by atoms with Gasteiger partial charge in [0.1, 0.15) is 18.3 Å². The van der Waals surface area contributed by atoms with Gasteiger partial charge in [-0.2, -0.15) is 0 Å². The highest BCUT2D eigenvalue weighted by Crippen LogP contribution is 2.31. The minimum Gasteiger partial charge on any atom is -0.493 e. The fourth-order valence-corrected chi connectivity index (χ4v) is 7.06. The van der Waals surface area contributed by atoms with Crippen molar-refractivity contribution in [3.63, 3.8) is 0 Å². The zero-order valence-electron chi connectivity index (χ0n) is 55.7. The summed E-state index contributed by atoms with van der Waals surface area (Å²) in [4.78, 5) is 79.2. The molecule has 0 amide bonds. The first kappa shape index (κ1) is 80.2. The molecule has 0 spiro atoms. The number of ether oxygens (including phenoxy) is 6. The van der Waals surface area contributed by atoms with Crippen LogP contribution in [0.15, 0.2) is 66.7 Å². The average Bonchev–Trinajstić information content (AvgIpc) is 3.66. The van der Waals surface area contributed by atoms with Crippen LogP contribution in [0.4, 0.5) is 0 Å². The highest BCUT2D eigenvalue weighted by Gasteiger charge is 2.30. The molecule has 1 atom stereocenters. The lowest BCUT2D eigenvalue weighted by molar-refractivity contribution is -0.155. The monoisotopic (exact) mass is 1170 g/mol. The normalized spacial score (nSPS) is 11.4. The van der Waals surface area contributed by atoms with E-state index in [-0.39, 0.29) is 40.1 Å². The lowest BCUT2D eigenvalue weighted by Gasteiger charge is -2.20. The van der Waals surface area contributed by atoms with Gasteiger partial charge in [-0.1, -0.05) is 157 Å². The van der Waals surface area contributed by atoms with E-state index in [1.54, 1.807) is 48.5 Å². The number of carbonyl (C=O) groups excluding carboxylic acids is 7. The minimum absolute atomic E-state index is 0.0419. The van der Waals surface area contributed by atoms with Crippen LogP contribution in [-0.4, -0.2) is 69.9 Å². The van der Waals surface area contributed by atoms with Crippen molar-refractivity contribution >= 4 is 42.4 Å². The summed E-state index contributed by atoms with van der Waals surface area (Å²) in [6.07, 6.45) is 26.7. The van der Waals surface area contributed by atoms with Gasteiger partial charge in [-0.25, -0.2) is 4.79 Å². The zero-order chi connectivity index (χ0) is 64.2. The van der Waals surface area contributed by atoms with E-state index in [0.29, 0.717) is 65.8 Å². The van der Waals surface area contributed by atoms with E-state index < -0.39 is 11.4 Å². The Morgan fingerprint density at radius 3 is 1.21 bits per heavy atom. The molecule has 0 aliphatic carbocycles. The third-order valence-electron chi connectivity index (χ3n) is 15.5. The van der Waals surface area contributed by atoms with E-state index in [1.165, 1.54) is 109 Å². The van der Waals surface area contributed by atoms with E-state index in [0.717, 1.165) is 51.2 Å². The van der Waals surface area contributed by atoms with E-state index in [9.17, 15) is 33.6 Å². The number of esters is 5. The Morgan fingerprint density at radius 2 is 0.833 bits per heavy atom. The number of unbranched alkanes of at least 4 members (excludes halogenated alkanes) is 14. The molecular weight excluding hydrogens is 1060 g/mol. The van der Waals surface area contributed by atoms with Crippen LogP contribution in [0.3, 0.4) is 0 Å². The van der Waals surface area contributed by atoms with Crippen LogP contribution >= 0.6 is 0 Å². The Bertz CT molecular complexity index is 2280. The average molecular weight is 1180 g/mol. The van der Waals surface area contributed by atoms with Gasteiger partial charge in [-0.3, -0.25) is 28.8 Å². The largest absolute Gasteiger partial charge is 0.493 e. The van der Waals surface area contributed by atoms with Gasteiger partial charge in [0, 0.05) is 11.1 Å². The molecule has 0 radical (unpaired) electrons. The molecule has 13 nitrogen and oxygen atoms in total. The number of benzene rings is 3. The van der Waals surface area contributed by atoms with Crippen LogP contribution in [0.25, 0.3) is 0 Å². The van der Waals surface area contributed by atoms with Gasteiger partial charge in [0.15, 0.2) is 11.5 Å². The molecule has 0 aromatic heterocycles. The molecule has 3 aromatic carbocycles. The highest BCUT2D eigenvalue weighted by atomic mass is 16.6. The fraction of sp³-hybridized carbons (Fsp3) is 0.648. The second-order valence-corrected chi connectivity index (χ2v) is 24.1. The summed E-state index contributed by atoms with van der Waals surface area (Å²) in [7, 11) is 2.88. The Kier molecular flexibility index (Phi) is 43.5. The Morgan fingerprint density at radius 1 is 0.440 bits per heavy atom. The van der Waals surface area contributed by atoms with Gasteiger partial charge >= 0.3 is 29.8 Å². The number of carbonyl (C=O) groups is 7. The lowest BCUT2D eigenvalue weighted by Crippen LogP contribution is -2.28. The third-order valence-corrected chi connectivity index (χ3v) is 15.5. The van der Waals surface area contributed by atoms with E-state index in [1.807, 2.05) is 95.2 Å². The van der Waals surface area contributed by atoms with Crippen LogP contribution in [-0.2, 0) is 33.4 Å². The molecule has 0 heterocycles. The van der Waals surface area contributed by atoms with Gasteiger partial charge in [-0.15, -0.1) is 0 Å². The first-order valence-corrected chi connectivity index (χ1v) is 31.4. The molecule has 0 aliphatic rings. The van der Waals surface area contributed by atoms with Gasteiger partial charge < -0.3 is 28.4 Å². The van der Waals surface area contributed by atoms with Gasteiger partial charge in [-0.05, 0) is 166 Å². The second kappa shape index (κ2) is 45.5. The Hall–Kier alpha value is -5.85. The van der Waals surface area contributed by atoms with Gasteiger partial charge in [0.2, 0.25) is 0 Å². The Labute approximate surface area is 509 Å². The summed E-state index contributed by atoms with van der Waals surface area (Å²) in [6, 6.07) is 18.6. The van der Waals surface area contributed by atoms with Crippen molar-refractivity contribution in [2.24, 2.45) is 21.7 Å². The summed E-state index contributed by atoms with van der Waals surface area (Å²) in [5.74, 6) is 0.645. The summed E-state index contributed by atoms with van der Waals surface area (Å²) >= 11 is 0.